The fraction of sp³-hybridized carbons (Fsp3) is 0.267. The van der Waals surface area contributed by atoms with Gasteiger partial charge >= 0.3 is 0 Å². The average molecular weight is 244 g/mol. The first-order chi connectivity index (χ1) is 8.65. The second kappa shape index (κ2) is 5.08. The van der Waals surface area contributed by atoms with Crippen molar-refractivity contribution in [2.24, 2.45) is 0 Å². The Labute approximate surface area is 106 Å². The van der Waals surface area contributed by atoms with Crippen molar-refractivity contribution in [3.05, 3.63) is 35.9 Å². The van der Waals surface area contributed by atoms with Crippen molar-refractivity contribution < 1.29 is 14.3 Å². The van der Waals surface area contributed by atoms with Gasteiger partial charge in [0.2, 0.25) is 0 Å². The van der Waals surface area contributed by atoms with Gasteiger partial charge in [-0.3, -0.25) is 4.79 Å². The van der Waals surface area contributed by atoms with Crippen LogP contribution in [-0.4, -0.2) is 20.0 Å². The average Bonchev–Trinajstić information content (AvgIpc) is 2.38. The summed E-state index contributed by atoms with van der Waals surface area (Å²) >= 11 is 0. The van der Waals surface area contributed by atoms with Crippen LogP contribution in [0.1, 0.15) is 12.5 Å². The van der Waals surface area contributed by atoms with Gasteiger partial charge in [0.15, 0.2) is 0 Å². The van der Waals surface area contributed by atoms with Crippen LogP contribution in [0.4, 0.5) is 0 Å². The summed E-state index contributed by atoms with van der Waals surface area (Å²) in [4.78, 5) is 11.4. The number of benzene rings is 2. The molecule has 0 atom stereocenters. The molecule has 0 spiro atoms. The molecule has 0 aromatic heterocycles. The lowest BCUT2D eigenvalue weighted by atomic mass is 9.99. The van der Waals surface area contributed by atoms with Gasteiger partial charge in [0.25, 0.3) is 0 Å². The Balaban J connectivity index is 2.69. The number of rotatable bonds is 4. The molecule has 3 heteroatoms. The maximum Gasteiger partial charge on any atom is 0.134 e. The lowest BCUT2D eigenvalue weighted by molar-refractivity contribution is -0.116. The lowest BCUT2D eigenvalue weighted by Gasteiger charge is -2.12. The number of ether oxygens (including phenoxy) is 2. The third-order valence-electron chi connectivity index (χ3n) is 2.94. The Bertz CT molecular complexity index is 582. The number of carbonyl (C=O) groups excluding carboxylic acids is 1. The Morgan fingerprint density at radius 2 is 1.83 bits per heavy atom. The molecule has 0 heterocycles. The van der Waals surface area contributed by atoms with Gasteiger partial charge in [0.05, 0.1) is 14.2 Å². The molecule has 0 aliphatic heterocycles. The summed E-state index contributed by atoms with van der Waals surface area (Å²) in [7, 11) is 3.25. The number of fused-ring (bicyclic) bond motifs is 1. The summed E-state index contributed by atoms with van der Waals surface area (Å²) in [5.74, 6) is 1.63. The zero-order valence-corrected chi connectivity index (χ0v) is 10.8. The van der Waals surface area contributed by atoms with Crippen LogP contribution in [0.2, 0.25) is 0 Å². The normalized spacial score (nSPS) is 10.4. The first kappa shape index (κ1) is 12.4. The third-order valence-corrected chi connectivity index (χ3v) is 2.94. The second-order valence-electron chi connectivity index (χ2n) is 4.21. The predicted molar refractivity (Wildman–Crippen MR) is 71.4 cm³/mol. The summed E-state index contributed by atoms with van der Waals surface area (Å²) in [6.45, 7) is 1.58. The summed E-state index contributed by atoms with van der Waals surface area (Å²) in [5, 5.41) is 2.08. The second-order valence-corrected chi connectivity index (χ2v) is 4.21. The first-order valence-electron chi connectivity index (χ1n) is 5.78. The van der Waals surface area contributed by atoms with Crippen LogP contribution >= 0.6 is 0 Å². The molecule has 3 nitrogen and oxygen atoms in total. The van der Waals surface area contributed by atoms with E-state index in [0.29, 0.717) is 6.42 Å². The van der Waals surface area contributed by atoms with Gasteiger partial charge in [-0.1, -0.05) is 12.1 Å². The summed E-state index contributed by atoms with van der Waals surface area (Å²) < 4.78 is 10.6. The van der Waals surface area contributed by atoms with Crippen LogP contribution < -0.4 is 9.47 Å². The highest BCUT2D eigenvalue weighted by molar-refractivity contribution is 5.93. The van der Waals surface area contributed by atoms with E-state index in [-0.39, 0.29) is 5.78 Å². The van der Waals surface area contributed by atoms with Gasteiger partial charge < -0.3 is 9.47 Å². The standard InChI is InChI=1S/C15H16O3/c1-10(16)8-14-13-9-12(17-2)6-4-11(13)5-7-15(14)18-3/h4-7,9H,8H2,1-3H3. The van der Waals surface area contributed by atoms with E-state index in [4.69, 9.17) is 9.47 Å². The van der Waals surface area contributed by atoms with E-state index in [1.165, 1.54) is 0 Å². The molecule has 2 rings (SSSR count). The van der Waals surface area contributed by atoms with Crippen LogP contribution in [0, 0.1) is 0 Å². The maximum atomic E-state index is 11.4. The van der Waals surface area contributed by atoms with E-state index in [9.17, 15) is 4.79 Å². The van der Waals surface area contributed by atoms with E-state index in [1.807, 2.05) is 30.3 Å². The van der Waals surface area contributed by atoms with Gasteiger partial charge in [0, 0.05) is 12.0 Å². The molecule has 0 bridgehead atoms. The molecular formula is C15H16O3. The quantitative estimate of drug-likeness (QED) is 0.829. The molecular weight excluding hydrogens is 228 g/mol. The Morgan fingerprint density at radius 1 is 1.11 bits per heavy atom. The number of Topliss-reactive ketones (excluding diaryl/α,β-unsaturated/α-hetero) is 1. The molecule has 94 valence electrons. The van der Waals surface area contributed by atoms with E-state index in [1.54, 1.807) is 21.1 Å². The molecule has 0 saturated carbocycles. The minimum absolute atomic E-state index is 0.114. The van der Waals surface area contributed by atoms with Gasteiger partial charge in [-0.2, -0.15) is 0 Å². The minimum Gasteiger partial charge on any atom is -0.497 e. The molecule has 0 saturated heterocycles. The van der Waals surface area contributed by atoms with Crippen molar-refractivity contribution in [2.75, 3.05) is 14.2 Å². The molecule has 2 aromatic carbocycles. The van der Waals surface area contributed by atoms with Crippen LogP contribution in [0.25, 0.3) is 10.8 Å². The van der Waals surface area contributed by atoms with E-state index < -0.39 is 0 Å². The predicted octanol–water partition coefficient (Wildman–Crippen LogP) is 2.99. The smallest absolute Gasteiger partial charge is 0.134 e. The largest absolute Gasteiger partial charge is 0.497 e. The highest BCUT2D eigenvalue weighted by atomic mass is 16.5. The number of hydrogen-bond acceptors (Lipinski definition) is 3. The lowest BCUT2D eigenvalue weighted by Crippen LogP contribution is -2.00. The van der Waals surface area contributed by atoms with Gasteiger partial charge in [-0.05, 0) is 35.9 Å². The van der Waals surface area contributed by atoms with Crippen LogP contribution in [0.3, 0.4) is 0 Å². The minimum atomic E-state index is 0.114. The monoisotopic (exact) mass is 244 g/mol. The van der Waals surface area contributed by atoms with Crippen molar-refractivity contribution in [3.63, 3.8) is 0 Å². The van der Waals surface area contributed by atoms with Crippen LogP contribution in [0.5, 0.6) is 11.5 Å². The maximum absolute atomic E-state index is 11.4. The van der Waals surface area contributed by atoms with Crippen LogP contribution in [0.15, 0.2) is 30.3 Å². The topological polar surface area (TPSA) is 35.5 Å². The molecule has 0 amide bonds. The van der Waals surface area contributed by atoms with E-state index >= 15 is 0 Å². The fourth-order valence-electron chi connectivity index (χ4n) is 2.09. The molecule has 0 aliphatic carbocycles. The number of ketones is 1. The van der Waals surface area contributed by atoms with Crippen molar-refractivity contribution >= 4 is 16.6 Å². The van der Waals surface area contributed by atoms with Crippen molar-refractivity contribution in [2.45, 2.75) is 13.3 Å². The van der Waals surface area contributed by atoms with Crippen molar-refractivity contribution in [1.82, 2.24) is 0 Å². The summed E-state index contributed by atoms with van der Waals surface area (Å²) in [5.41, 5.74) is 0.918. The third kappa shape index (κ3) is 2.30. The van der Waals surface area contributed by atoms with Gasteiger partial charge in [0.1, 0.15) is 17.3 Å². The first-order valence-corrected chi connectivity index (χ1v) is 5.78. The zero-order valence-electron chi connectivity index (χ0n) is 10.8. The molecule has 0 fully saturated rings. The molecule has 0 unspecified atom stereocenters. The SMILES string of the molecule is COc1ccc2ccc(OC)c(CC(C)=O)c2c1. The van der Waals surface area contributed by atoms with E-state index in [2.05, 4.69) is 0 Å². The summed E-state index contributed by atoms with van der Waals surface area (Å²) in [6.07, 6.45) is 0.369. The molecule has 0 N–H and O–H groups in total. The van der Waals surface area contributed by atoms with E-state index in [0.717, 1.165) is 27.8 Å². The van der Waals surface area contributed by atoms with Crippen LogP contribution in [-0.2, 0) is 11.2 Å². The number of carbonyl (C=O) groups is 1. The Kier molecular flexibility index (Phi) is 3.51. The Morgan fingerprint density at radius 3 is 2.44 bits per heavy atom. The zero-order chi connectivity index (χ0) is 13.1. The van der Waals surface area contributed by atoms with Crippen molar-refractivity contribution in [1.29, 1.82) is 0 Å². The fourth-order valence-corrected chi connectivity index (χ4v) is 2.09. The number of methoxy groups -OCH3 is 2. The molecule has 18 heavy (non-hydrogen) atoms. The molecule has 0 aliphatic rings. The highest BCUT2D eigenvalue weighted by Gasteiger charge is 2.11. The molecule has 2 aromatic rings. The van der Waals surface area contributed by atoms with Gasteiger partial charge in [-0.15, -0.1) is 0 Å². The van der Waals surface area contributed by atoms with Crippen molar-refractivity contribution in [3.8, 4) is 11.5 Å². The number of hydrogen-bond donors (Lipinski definition) is 0. The molecule has 0 radical (unpaired) electrons. The summed E-state index contributed by atoms with van der Waals surface area (Å²) in [6, 6.07) is 9.71. The van der Waals surface area contributed by atoms with Gasteiger partial charge in [-0.25, -0.2) is 0 Å². The Hall–Kier alpha value is -2.03. The highest BCUT2D eigenvalue weighted by Crippen LogP contribution is 2.31.